The minimum absolute atomic E-state index is 0.113. The van der Waals surface area contributed by atoms with Crippen molar-refractivity contribution in [3.05, 3.63) is 66.1 Å². The summed E-state index contributed by atoms with van der Waals surface area (Å²) in [6, 6.07) is 13.4. The lowest BCUT2D eigenvalue weighted by atomic mass is 10.2. The van der Waals surface area contributed by atoms with Crippen molar-refractivity contribution in [1.29, 1.82) is 0 Å². The van der Waals surface area contributed by atoms with Crippen LogP contribution in [0.5, 0.6) is 5.75 Å². The van der Waals surface area contributed by atoms with Crippen molar-refractivity contribution in [3.63, 3.8) is 0 Å². The minimum atomic E-state index is -0.113. The SMILES string of the molecule is COCCN(Cc1cccc(OC)c1)C(=O)c1cc2ccc(-c3cn[nH]c3)nc2[nH]1. The van der Waals surface area contributed by atoms with E-state index in [-0.39, 0.29) is 5.91 Å². The molecular formula is C22H23N5O3. The molecule has 3 aromatic heterocycles. The maximum absolute atomic E-state index is 13.3. The third-order valence-corrected chi connectivity index (χ3v) is 4.86. The van der Waals surface area contributed by atoms with Gasteiger partial charge in [-0.25, -0.2) is 4.98 Å². The number of nitrogens with one attached hydrogen (secondary N) is 2. The second kappa shape index (κ2) is 8.79. The highest BCUT2D eigenvalue weighted by Gasteiger charge is 2.19. The van der Waals surface area contributed by atoms with Gasteiger partial charge in [-0.3, -0.25) is 9.89 Å². The number of pyridine rings is 1. The summed E-state index contributed by atoms with van der Waals surface area (Å²) in [6.07, 6.45) is 3.49. The van der Waals surface area contributed by atoms with Gasteiger partial charge < -0.3 is 19.4 Å². The molecule has 0 aliphatic heterocycles. The molecule has 0 aliphatic carbocycles. The summed E-state index contributed by atoms with van der Waals surface area (Å²) in [6.45, 7) is 1.36. The number of amides is 1. The Hall–Kier alpha value is -3.65. The number of carbonyl (C=O) groups excluding carboxylic acids is 1. The average Bonchev–Trinajstić information content (AvgIpc) is 3.45. The van der Waals surface area contributed by atoms with E-state index in [9.17, 15) is 4.79 Å². The Morgan fingerprint density at radius 2 is 2.07 bits per heavy atom. The number of nitrogens with zero attached hydrogens (tertiary/aromatic N) is 3. The smallest absolute Gasteiger partial charge is 0.270 e. The zero-order valence-electron chi connectivity index (χ0n) is 16.9. The van der Waals surface area contributed by atoms with E-state index in [0.29, 0.717) is 31.0 Å². The summed E-state index contributed by atoms with van der Waals surface area (Å²) in [5.41, 5.74) is 3.80. The standard InChI is InChI=1S/C22H23N5O3/c1-29-9-8-27(14-15-4-3-5-18(10-15)30-2)22(28)20-11-16-6-7-19(25-21(16)26-20)17-12-23-24-13-17/h3-7,10-13H,8-9,14H2,1-2H3,(H,23,24)(H,25,26). The van der Waals surface area contributed by atoms with Crippen LogP contribution in [0.15, 0.2) is 54.9 Å². The fraction of sp³-hybridized carbons (Fsp3) is 0.227. The van der Waals surface area contributed by atoms with Crippen LogP contribution >= 0.6 is 0 Å². The highest BCUT2D eigenvalue weighted by Crippen LogP contribution is 2.22. The zero-order chi connectivity index (χ0) is 20.9. The molecule has 0 saturated heterocycles. The van der Waals surface area contributed by atoms with Gasteiger partial charge in [0.2, 0.25) is 0 Å². The molecule has 2 N–H and O–H groups in total. The first kappa shape index (κ1) is 19.7. The normalized spacial score (nSPS) is 11.0. The van der Waals surface area contributed by atoms with Crippen LogP contribution in [0.1, 0.15) is 16.1 Å². The van der Waals surface area contributed by atoms with Crippen LogP contribution in [0, 0.1) is 0 Å². The molecule has 0 radical (unpaired) electrons. The Balaban J connectivity index is 1.60. The fourth-order valence-electron chi connectivity index (χ4n) is 3.29. The molecule has 8 nitrogen and oxygen atoms in total. The van der Waals surface area contributed by atoms with Gasteiger partial charge in [0.25, 0.3) is 5.91 Å². The molecular weight excluding hydrogens is 382 g/mol. The maximum atomic E-state index is 13.3. The first-order valence-electron chi connectivity index (χ1n) is 9.58. The molecule has 0 unspecified atom stereocenters. The molecule has 0 atom stereocenters. The van der Waals surface area contributed by atoms with Gasteiger partial charge in [0.1, 0.15) is 17.1 Å². The molecule has 1 aromatic carbocycles. The number of benzene rings is 1. The maximum Gasteiger partial charge on any atom is 0.270 e. The van der Waals surface area contributed by atoms with Crippen molar-refractivity contribution < 1.29 is 14.3 Å². The number of H-pyrrole nitrogens is 2. The summed E-state index contributed by atoms with van der Waals surface area (Å²) in [5, 5.41) is 7.62. The summed E-state index contributed by atoms with van der Waals surface area (Å²) < 4.78 is 10.5. The average molecular weight is 405 g/mol. The number of hydrogen-bond acceptors (Lipinski definition) is 5. The van der Waals surface area contributed by atoms with E-state index in [2.05, 4.69) is 20.2 Å². The van der Waals surface area contributed by atoms with Gasteiger partial charge in [0.15, 0.2) is 0 Å². The summed E-state index contributed by atoms with van der Waals surface area (Å²) in [4.78, 5) is 22.8. The number of carbonyl (C=O) groups is 1. The molecule has 4 rings (SSSR count). The molecule has 0 fully saturated rings. The zero-order valence-corrected chi connectivity index (χ0v) is 16.9. The van der Waals surface area contributed by atoms with Crippen LogP contribution in [0.25, 0.3) is 22.3 Å². The van der Waals surface area contributed by atoms with Crippen molar-refractivity contribution in [3.8, 4) is 17.0 Å². The van der Waals surface area contributed by atoms with E-state index < -0.39 is 0 Å². The van der Waals surface area contributed by atoms with Crippen LogP contribution in [0.2, 0.25) is 0 Å². The number of aromatic nitrogens is 4. The molecule has 3 heterocycles. The van der Waals surface area contributed by atoms with Crippen molar-refractivity contribution >= 4 is 16.9 Å². The molecule has 0 bridgehead atoms. The first-order chi connectivity index (χ1) is 14.7. The van der Waals surface area contributed by atoms with Crippen LogP contribution in [0.4, 0.5) is 0 Å². The predicted molar refractivity (Wildman–Crippen MR) is 113 cm³/mol. The Labute approximate surface area is 173 Å². The van der Waals surface area contributed by atoms with Crippen LogP contribution in [-0.2, 0) is 11.3 Å². The van der Waals surface area contributed by atoms with Gasteiger partial charge in [-0.05, 0) is 35.9 Å². The number of methoxy groups -OCH3 is 2. The number of ether oxygens (including phenoxy) is 2. The van der Waals surface area contributed by atoms with E-state index in [0.717, 1.165) is 28.0 Å². The fourth-order valence-corrected chi connectivity index (χ4v) is 3.29. The highest BCUT2D eigenvalue weighted by atomic mass is 16.5. The molecule has 0 saturated carbocycles. The Kier molecular flexibility index (Phi) is 5.76. The predicted octanol–water partition coefficient (Wildman–Crippen LogP) is 3.25. The van der Waals surface area contributed by atoms with E-state index in [4.69, 9.17) is 9.47 Å². The minimum Gasteiger partial charge on any atom is -0.497 e. The van der Waals surface area contributed by atoms with Gasteiger partial charge in [0, 0.05) is 37.3 Å². The molecule has 154 valence electrons. The van der Waals surface area contributed by atoms with E-state index in [1.807, 2.05) is 42.5 Å². The van der Waals surface area contributed by atoms with E-state index in [1.165, 1.54) is 0 Å². The summed E-state index contributed by atoms with van der Waals surface area (Å²) >= 11 is 0. The van der Waals surface area contributed by atoms with Gasteiger partial charge in [-0.1, -0.05) is 12.1 Å². The Morgan fingerprint density at radius 3 is 2.83 bits per heavy atom. The third kappa shape index (κ3) is 4.18. The van der Waals surface area contributed by atoms with Crippen molar-refractivity contribution in [2.75, 3.05) is 27.4 Å². The van der Waals surface area contributed by atoms with Crippen LogP contribution < -0.4 is 4.74 Å². The Bertz CT molecular complexity index is 1140. The van der Waals surface area contributed by atoms with Crippen molar-refractivity contribution in [2.45, 2.75) is 6.54 Å². The molecule has 0 aliphatic rings. The van der Waals surface area contributed by atoms with Crippen molar-refractivity contribution in [2.24, 2.45) is 0 Å². The van der Waals surface area contributed by atoms with Crippen LogP contribution in [-0.4, -0.2) is 58.3 Å². The topological polar surface area (TPSA) is 96.1 Å². The lowest BCUT2D eigenvalue weighted by Gasteiger charge is -2.22. The lowest BCUT2D eigenvalue weighted by Crippen LogP contribution is -2.33. The van der Waals surface area contributed by atoms with Gasteiger partial charge in [-0.15, -0.1) is 0 Å². The Morgan fingerprint density at radius 1 is 1.17 bits per heavy atom. The molecule has 0 spiro atoms. The quantitative estimate of drug-likeness (QED) is 0.469. The number of rotatable bonds is 8. The molecule has 8 heteroatoms. The largest absolute Gasteiger partial charge is 0.497 e. The number of hydrogen-bond donors (Lipinski definition) is 2. The van der Waals surface area contributed by atoms with Crippen molar-refractivity contribution in [1.82, 2.24) is 25.1 Å². The van der Waals surface area contributed by atoms with Gasteiger partial charge in [-0.2, -0.15) is 5.10 Å². The highest BCUT2D eigenvalue weighted by molar-refractivity contribution is 5.97. The van der Waals surface area contributed by atoms with E-state index >= 15 is 0 Å². The van der Waals surface area contributed by atoms with Crippen LogP contribution in [0.3, 0.4) is 0 Å². The monoisotopic (exact) mass is 405 g/mol. The van der Waals surface area contributed by atoms with Gasteiger partial charge >= 0.3 is 0 Å². The summed E-state index contributed by atoms with van der Waals surface area (Å²) in [5.74, 6) is 0.644. The molecule has 4 aromatic rings. The second-order valence-corrected chi connectivity index (χ2v) is 6.88. The summed E-state index contributed by atoms with van der Waals surface area (Å²) in [7, 11) is 3.25. The number of aromatic amines is 2. The first-order valence-corrected chi connectivity index (χ1v) is 9.58. The molecule has 1 amide bonds. The lowest BCUT2D eigenvalue weighted by molar-refractivity contribution is 0.0675. The third-order valence-electron chi connectivity index (χ3n) is 4.86. The molecule has 30 heavy (non-hydrogen) atoms. The number of fused-ring (bicyclic) bond motifs is 1. The second-order valence-electron chi connectivity index (χ2n) is 6.88. The van der Waals surface area contributed by atoms with Gasteiger partial charge in [0.05, 0.1) is 25.6 Å². The van der Waals surface area contributed by atoms with E-state index in [1.54, 1.807) is 31.5 Å².